The Labute approximate surface area is 222 Å². The van der Waals surface area contributed by atoms with Crippen LogP contribution in [0.5, 0.6) is 0 Å². The van der Waals surface area contributed by atoms with Crippen molar-refractivity contribution in [1.82, 2.24) is 10.6 Å². The van der Waals surface area contributed by atoms with Gasteiger partial charge in [0.2, 0.25) is 0 Å². The van der Waals surface area contributed by atoms with Crippen molar-refractivity contribution in [2.75, 3.05) is 27.2 Å². The second-order valence-electron chi connectivity index (χ2n) is 8.94. The van der Waals surface area contributed by atoms with Crippen LogP contribution in [0.25, 0.3) is 6.08 Å². The van der Waals surface area contributed by atoms with E-state index in [0.29, 0.717) is 5.92 Å². The van der Waals surface area contributed by atoms with E-state index in [9.17, 15) is 9.59 Å². The standard InChI is InChI=1S/C14H23NOS.C14H21NOS.CH4/c2*1-5-12(9-15-4)6-7-13-10(2)8-14(17-13)11(3)16;/h8,12,15H,5-7,9H2,1-4H3;6-8,12,15H,5,9H2,1-4H3;1H4/b;7-6+;. The van der Waals surface area contributed by atoms with Crippen molar-refractivity contribution >= 4 is 40.3 Å². The zero-order chi connectivity index (χ0) is 25.7. The highest BCUT2D eigenvalue weighted by Gasteiger charge is 2.11. The Morgan fingerprint density at radius 1 is 0.914 bits per heavy atom. The first-order chi connectivity index (χ1) is 16.2. The lowest BCUT2D eigenvalue weighted by molar-refractivity contribution is 0.101. The average Bonchev–Trinajstić information content (AvgIpc) is 3.37. The second-order valence-corrected chi connectivity index (χ2v) is 11.2. The summed E-state index contributed by atoms with van der Waals surface area (Å²) in [5.74, 6) is 1.64. The first-order valence-electron chi connectivity index (χ1n) is 12.4. The van der Waals surface area contributed by atoms with Gasteiger partial charge in [-0.15, -0.1) is 22.7 Å². The topological polar surface area (TPSA) is 58.2 Å². The number of nitrogens with one attached hydrogen (secondary N) is 2. The van der Waals surface area contributed by atoms with Crippen LogP contribution in [0.4, 0.5) is 0 Å². The minimum absolute atomic E-state index is 0. The summed E-state index contributed by atoms with van der Waals surface area (Å²) in [6.45, 7) is 13.9. The number of thiophene rings is 2. The van der Waals surface area contributed by atoms with Gasteiger partial charge in [0.1, 0.15) is 0 Å². The van der Waals surface area contributed by atoms with Gasteiger partial charge in [-0.25, -0.2) is 0 Å². The number of Topliss-reactive ketones (excluding diaryl/α,β-unsaturated/α-hetero) is 2. The minimum atomic E-state index is 0. The maximum atomic E-state index is 11.3. The first-order valence-corrected chi connectivity index (χ1v) is 14.0. The molecule has 2 aromatic rings. The molecule has 2 aromatic heterocycles. The summed E-state index contributed by atoms with van der Waals surface area (Å²) in [4.78, 5) is 26.9. The maximum Gasteiger partial charge on any atom is 0.169 e. The van der Waals surface area contributed by atoms with Crippen LogP contribution in [0.15, 0.2) is 18.2 Å². The summed E-state index contributed by atoms with van der Waals surface area (Å²) in [7, 11) is 3.98. The van der Waals surface area contributed by atoms with Crippen LogP contribution in [0.3, 0.4) is 0 Å². The van der Waals surface area contributed by atoms with E-state index in [2.05, 4.69) is 50.5 Å². The molecular weight excluding hydrogens is 472 g/mol. The maximum absolute atomic E-state index is 11.3. The molecule has 0 saturated heterocycles. The molecule has 0 bridgehead atoms. The summed E-state index contributed by atoms with van der Waals surface area (Å²) >= 11 is 3.25. The Morgan fingerprint density at radius 2 is 1.49 bits per heavy atom. The molecular formula is C29H48N2O2S2. The summed E-state index contributed by atoms with van der Waals surface area (Å²) in [5, 5.41) is 6.43. The predicted molar refractivity (Wildman–Crippen MR) is 158 cm³/mol. The molecule has 2 unspecified atom stereocenters. The molecule has 6 heteroatoms. The summed E-state index contributed by atoms with van der Waals surface area (Å²) in [6.07, 6.45) is 9.03. The van der Waals surface area contributed by atoms with E-state index >= 15 is 0 Å². The summed E-state index contributed by atoms with van der Waals surface area (Å²) in [5.41, 5.74) is 2.47. The van der Waals surface area contributed by atoms with Gasteiger partial charge in [0.05, 0.1) is 9.75 Å². The van der Waals surface area contributed by atoms with E-state index in [1.54, 1.807) is 36.5 Å². The molecule has 0 fully saturated rings. The van der Waals surface area contributed by atoms with Crippen LogP contribution in [-0.2, 0) is 6.42 Å². The molecule has 0 aliphatic rings. The quantitative estimate of drug-likeness (QED) is 0.267. The molecule has 2 atom stereocenters. The third-order valence-corrected chi connectivity index (χ3v) is 8.73. The third-order valence-electron chi connectivity index (χ3n) is 6.03. The normalized spacial score (nSPS) is 12.6. The fourth-order valence-corrected chi connectivity index (χ4v) is 5.75. The number of hydrogen-bond donors (Lipinski definition) is 2. The Kier molecular flexibility index (Phi) is 17.0. The first kappa shape index (κ1) is 33.4. The van der Waals surface area contributed by atoms with Crippen molar-refractivity contribution in [2.24, 2.45) is 11.8 Å². The van der Waals surface area contributed by atoms with Gasteiger partial charge in [0, 0.05) is 16.3 Å². The Hall–Kier alpha value is -1.60. The SMILES string of the molecule is C.CCC(/C=C/c1sc(C(C)=O)cc1C)CNC.CCC(CCc1sc(C(C)=O)cc1C)CNC. The fraction of sp³-hybridized carbons (Fsp3) is 0.586. The summed E-state index contributed by atoms with van der Waals surface area (Å²) < 4.78 is 0. The molecule has 35 heavy (non-hydrogen) atoms. The number of aryl methyl sites for hydroxylation is 3. The van der Waals surface area contributed by atoms with Crippen LogP contribution >= 0.6 is 22.7 Å². The van der Waals surface area contributed by atoms with Gasteiger partial charge < -0.3 is 10.6 Å². The number of rotatable bonds is 13. The molecule has 0 radical (unpaired) electrons. The van der Waals surface area contributed by atoms with Crippen LogP contribution < -0.4 is 10.6 Å². The number of carbonyl (C=O) groups is 2. The van der Waals surface area contributed by atoms with Gasteiger partial charge >= 0.3 is 0 Å². The molecule has 0 saturated carbocycles. The highest BCUT2D eigenvalue weighted by atomic mass is 32.1. The molecule has 0 aromatic carbocycles. The van der Waals surface area contributed by atoms with E-state index < -0.39 is 0 Å². The lowest BCUT2D eigenvalue weighted by Crippen LogP contribution is -2.18. The minimum Gasteiger partial charge on any atom is -0.319 e. The smallest absolute Gasteiger partial charge is 0.169 e. The molecule has 4 nitrogen and oxygen atoms in total. The molecule has 0 aliphatic heterocycles. The molecule has 2 rings (SSSR count). The van der Waals surface area contributed by atoms with Crippen molar-refractivity contribution < 1.29 is 9.59 Å². The lowest BCUT2D eigenvalue weighted by Gasteiger charge is -2.13. The van der Waals surface area contributed by atoms with Gasteiger partial charge in [0.25, 0.3) is 0 Å². The fourth-order valence-electron chi connectivity index (χ4n) is 3.69. The van der Waals surface area contributed by atoms with E-state index in [-0.39, 0.29) is 19.0 Å². The van der Waals surface area contributed by atoms with E-state index in [1.165, 1.54) is 33.7 Å². The van der Waals surface area contributed by atoms with Crippen molar-refractivity contribution in [3.8, 4) is 0 Å². The van der Waals surface area contributed by atoms with Crippen LogP contribution in [-0.4, -0.2) is 38.8 Å². The van der Waals surface area contributed by atoms with Crippen LogP contribution in [0, 0.1) is 25.7 Å². The van der Waals surface area contributed by atoms with Crippen LogP contribution in [0.1, 0.15) is 94.6 Å². The molecule has 2 heterocycles. The molecule has 0 amide bonds. The number of ketones is 2. The van der Waals surface area contributed by atoms with Crippen molar-refractivity contribution in [3.63, 3.8) is 0 Å². The van der Waals surface area contributed by atoms with Crippen molar-refractivity contribution in [2.45, 2.75) is 74.7 Å². The van der Waals surface area contributed by atoms with Crippen LogP contribution in [0.2, 0.25) is 0 Å². The van der Waals surface area contributed by atoms with E-state index in [0.717, 1.165) is 41.6 Å². The second kappa shape index (κ2) is 17.8. The highest BCUT2D eigenvalue weighted by Crippen LogP contribution is 2.26. The Bertz CT molecular complexity index is 927. The van der Waals surface area contributed by atoms with Gasteiger partial charge in [-0.2, -0.15) is 0 Å². The molecule has 2 N–H and O–H groups in total. The zero-order valence-electron chi connectivity index (χ0n) is 22.3. The average molecular weight is 521 g/mol. The zero-order valence-corrected chi connectivity index (χ0v) is 24.0. The lowest BCUT2D eigenvalue weighted by atomic mass is 9.99. The van der Waals surface area contributed by atoms with Crippen molar-refractivity contribution in [1.29, 1.82) is 0 Å². The van der Waals surface area contributed by atoms with Crippen molar-refractivity contribution in [3.05, 3.63) is 48.8 Å². The Morgan fingerprint density at radius 3 is 1.94 bits per heavy atom. The van der Waals surface area contributed by atoms with E-state index in [4.69, 9.17) is 0 Å². The summed E-state index contributed by atoms with van der Waals surface area (Å²) in [6, 6.07) is 4.01. The number of hydrogen-bond acceptors (Lipinski definition) is 6. The highest BCUT2D eigenvalue weighted by molar-refractivity contribution is 7.15. The molecule has 198 valence electrons. The Balaban J connectivity index is 0.000000642. The predicted octanol–water partition coefficient (Wildman–Crippen LogP) is 7.59. The van der Waals surface area contributed by atoms with Gasteiger partial charge in [-0.05, 0) is 109 Å². The molecule has 0 aliphatic carbocycles. The largest absolute Gasteiger partial charge is 0.319 e. The van der Waals surface area contributed by atoms with E-state index in [1.807, 2.05) is 26.2 Å². The van der Waals surface area contributed by atoms with Gasteiger partial charge in [0.15, 0.2) is 11.6 Å². The van der Waals surface area contributed by atoms with Gasteiger partial charge in [-0.1, -0.05) is 33.8 Å². The third kappa shape index (κ3) is 11.8. The monoisotopic (exact) mass is 520 g/mol. The number of carbonyl (C=O) groups excluding carboxylic acids is 2. The molecule has 0 spiro atoms. The van der Waals surface area contributed by atoms with Gasteiger partial charge in [-0.3, -0.25) is 9.59 Å².